The molecular formula is C10H9ClF3NO. The number of hydrogen-bond acceptors (Lipinski definition) is 2. The van der Waals surface area contributed by atoms with Gasteiger partial charge in [-0.15, -0.1) is 0 Å². The van der Waals surface area contributed by atoms with Crippen molar-refractivity contribution in [2.45, 2.75) is 13.1 Å². The Hall–Kier alpha value is -1.23. The second kappa shape index (κ2) is 4.74. The van der Waals surface area contributed by atoms with Crippen LogP contribution in [0.4, 0.5) is 18.9 Å². The highest BCUT2D eigenvalue weighted by Crippen LogP contribution is 2.28. The van der Waals surface area contributed by atoms with Gasteiger partial charge >= 0.3 is 6.18 Å². The summed E-state index contributed by atoms with van der Waals surface area (Å²) in [7, 11) is 1.47. The number of nitrogens with zero attached hydrogens (tertiary/aromatic N) is 1. The standard InChI is InChI=1S/C10H9ClF3NO/c1-6-5-7(16-2)3-4-8(6)15-9(11)10(12,13)14/h3-5H,1-2H3. The van der Waals surface area contributed by atoms with E-state index in [0.717, 1.165) is 0 Å². The van der Waals surface area contributed by atoms with Gasteiger partial charge in [0.25, 0.3) is 0 Å². The maximum atomic E-state index is 12.1. The van der Waals surface area contributed by atoms with Crippen LogP contribution in [0.2, 0.25) is 0 Å². The van der Waals surface area contributed by atoms with Crippen molar-refractivity contribution in [1.29, 1.82) is 0 Å². The molecule has 0 unspecified atom stereocenters. The van der Waals surface area contributed by atoms with Gasteiger partial charge in [-0.1, -0.05) is 11.6 Å². The van der Waals surface area contributed by atoms with Gasteiger partial charge in [0.15, 0.2) is 0 Å². The fourth-order valence-electron chi connectivity index (χ4n) is 1.05. The molecule has 88 valence electrons. The van der Waals surface area contributed by atoms with Crippen LogP contribution in [0.5, 0.6) is 5.75 Å². The van der Waals surface area contributed by atoms with E-state index in [4.69, 9.17) is 16.3 Å². The minimum Gasteiger partial charge on any atom is -0.497 e. The van der Waals surface area contributed by atoms with E-state index in [1.165, 1.54) is 19.2 Å². The van der Waals surface area contributed by atoms with Gasteiger partial charge in [-0.05, 0) is 30.7 Å². The molecule has 0 spiro atoms. The average molecular weight is 252 g/mol. The summed E-state index contributed by atoms with van der Waals surface area (Å²) in [6.07, 6.45) is -4.62. The van der Waals surface area contributed by atoms with Gasteiger partial charge in [-0.25, -0.2) is 4.99 Å². The van der Waals surface area contributed by atoms with Gasteiger partial charge in [-0.3, -0.25) is 0 Å². The highest BCUT2D eigenvalue weighted by Gasteiger charge is 2.34. The quantitative estimate of drug-likeness (QED) is 0.732. The number of methoxy groups -OCH3 is 1. The Kier molecular flexibility index (Phi) is 3.80. The van der Waals surface area contributed by atoms with Crippen molar-refractivity contribution >= 4 is 22.5 Å². The van der Waals surface area contributed by atoms with E-state index in [1.807, 2.05) is 0 Å². The van der Waals surface area contributed by atoms with Crippen LogP contribution in [0, 0.1) is 6.92 Å². The number of ether oxygens (including phenoxy) is 1. The van der Waals surface area contributed by atoms with E-state index in [0.29, 0.717) is 11.3 Å². The van der Waals surface area contributed by atoms with Crippen LogP contribution >= 0.6 is 11.6 Å². The first-order valence-electron chi connectivity index (χ1n) is 4.30. The van der Waals surface area contributed by atoms with Crippen molar-refractivity contribution in [2.75, 3.05) is 7.11 Å². The van der Waals surface area contributed by atoms with Crippen molar-refractivity contribution in [1.82, 2.24) is 0 Å². The molecule has 16 heavy (non-hydrogen) atoms. The third kappa shape index (κ3) is 3.13. The van der Waals surface area contributed by atoms with E-state index in [9.17, 15) is 13.2 Å². The molecule has 0 saturated carbocycles. The van der Waals surface area contributed by atoms with Gasteiger partial charge in [0.1, 0.15) is 5.75 Å². The van der Waals surface area contributed by atoms with Crippen molar-refractivity contribution in [3.63, 3.8) is 0 Å². The maximum absolute atomic E-state index is 12.1. The molecule has 0 saturated heterocycles. The smallest absolute Gasteiger partial charge is 0.444 e. The third-order valence-electron chi connectivity index (χ3n) is 1.86. The topological polar surface area (TPSA) is 21.6 Å². The summed E-state index contributed by atoms with van der Waals surface area (Å²) in [5.41, 5.74) is 0.727. The normalized spacial score (nSPS) is 12.8. The first-order chi connectivity index (χ1) is 7.34. The van der Waals surface area contributed by atoms with Crippen molar-refractivity contribution in [3.05, 3.63) is 23.8 Å². The minimum absolute atomic E-state index is 0.170. The van der Waals surface area contributed by atoms with Crippen LogP contribution in [0.15, 0.2) is 23.2 Å². The molecule has 1 aromatic carbocycles. The zero-order chi connectivity index (χ0) is 12.3. The first-order valence-corrected chi connectivity index (χ1v) is 4.68. The molecule has 1 aromatic rings. The molecule has 0 bridgehead atoms. The summed E-state index contributed by atoms with van der Waals surface area (Å²) in [5.74, 6) is 0.555. The molecule has 1 rings (SSSR count). The first kappa shape index (κ1) is 12.8. The van der Waals surface area contributed by atoms with Crippen molar-refractivity contribution < 1.29 is 17.9 Å². The summed E-state index contributed by atoms with van der Waals surface area (Å²) in [6, 6.07) is 4.52. The number of hydrogen-bond donors (Lipinski definition) is 0. The zero-order valence-corrected chi connectivity index (χ0v) is 9.36. The molecule has 0 heterocycles. The Balaban J connectivity index is 3.07. The molecule has 0 aromatic heterocycles. The van der Waals surface area contributed by atoms with Crippen LogP contribution in [-0.2, 0) is 0 Å². The van der Waals surface area contributed by atoms with Gasteiger partial charge in [0, 0.05) is 0 Å². The Morgan fingerprint density at radius 2 is 2.00 bits per heavy atom. The number of benzene rings is 1. The molecule has 0 fully saturated rings. The van der Waals surface area contributed by atoms with Gasteiger partial charge in [-0.2, -0.15) is 13.2 Å². The number of aryl methyl sites for hydroxylation is 1. The molecule has 0 atom stereocenters. The van der Waals surface area contributed by atoms with E-state index in [-0.39, 0.29) is 5.69 Å². The van der Waals surface area contributed by atoms with Crippen LogP contribution in [0.1, 0.15) is 5.56 Å². The van der Waals surface area contributed by atoms with E-state index >= 15 is 0 Å². The zero-order valence-electron chi connectivity index (χ0n) is 8.60. The Labute approximate surface area is 95.7 Å². The summed E-state index contributed by atoms with van der Waals surface area (Å²) < 4.78 is 41.3. The highest BCUT2D eigenvalue weighted by atomic mass is 35.5. The van der Waals surface area contributed by atoms with Crippen LogP contribution in [0.3, 0.4) is 0 Å². The summed E-state index contributed by atoms with van der Waals surface area (Å²) in [4.78, 5) is 3.31. The van der Waals surface area contributed by atoms with E-state index < -0.39 is 11.3 Å². The lowest BCUT2D eigenvalue weighted by Gasteiger charge is -2.06. The Bertz CT molecular complexity index is 415. The maximum Gasteiger partial charge on any atom is 0.444 e. The molecule has 0 aliphatic heterocycles. The molecule has 0 N–H and O–H groups in total. The van der Waals surface area contributed by atoms with Crippen LogP contribution in [0.25, 0.3) is 0 Å². The lowest BCUT2D eigenvalue weighted by molar-refractivity contribution is -0.0558. The molecule has 2 nitrogen and oxygen atoms in total. The average Bonchev–Trinajstić information content (AvgIpc) is 2.19. The molecular weight excluding hydrogens is 243 g/mol. The Morgan fingerprint density at radius 3 is 2.44 bits per heavy atom. The highest BCUT2D eigenvalue weighted by molar-refractivity contribution is 6.67. The minimum atomic E-state index is -4.62. The SMILES string of the molecule is COc1ccc(N=C(Cl)C(F)(F)F)c(C)c1. The summed E-state index contributed by atoms with van der Waals surface area (Å²) in [5, 5.41) is -1.39. The summed E-state index contributed by atoms with van der Waals surface area (Å²) >= 11 is 5.03. The Morgan fingerprint density at radius 1 is 1.38 bits per heavy atom. The number of rotatable bonds is 2. The largest absolute Gasteiger partial charge is 0.497 e. The van der Waals surface area contributed by atoms with Crippen LogP contribution in [-0.4, -0.2) is 18.5 Å². The summed E-state index contributed by atoms with van der Waals surface area (Å²) in [6.45, 7) is 1.63. The number of alkyl halides is 3. The molecule has 0 aliphatic rings. The fraction of sp³-hybridized carbons (Fsp3) is 0.300. The lowest BCUT2D eigenvalue weighted by atomic mass is 10.2. The lowest BCUT2D eigenvalue weighted by Crippen LogP contribution is -2.16. The molecule has 0 aliphatic carbocycles. The van der Waals surface area contributed by atoms with Crippen molar-refractivity contribution in [2.24, 2.45) is 4.99 Å². The second-order valence-corrected chi connectivity index (χ2v) is 3.41. The van der Waals surface area contributed by atoms with E-state index in [2.05, 4.69) is 4.99 Å². The van der Waals surface area contributed by atoms with Crippen LogP contribution < -0.4 is 4.74 Å². The van der Waals surface area contributed by atoms with E-state index in [1.54, 1.807) is 13.0 Å². The molecule has 0 amide bonds. The van der Waals surface area contributed by atoms with Gasteiger partial charge in [0.2, 0.25) is 5.17 Å². The predicted octanol–water partition coefficient (Wildman–Crippen LogP) is 3.83. The second-order valence-electron chi connectivity index (χ2n) is 3.05. The van der Waals surface area contributed by atoms with Crippen molar-refractivity contribution in [3.8, 4) is 5.75 Å². The van der Waals surface area contributed by atoms with Gasteiger partial charge in [0.05, 0.1) is 12.8 Å². The monoisotopic (exact) mass is 251 g/mol. The van der Waals surface area contributed by atoms with Gasteiger partial charge < -0.3 is 4.74 Å². The fourth-order valence-corrected chi connectivity index (χ4v) is 1.14. The third-order valence-corrected chi connectivity index (χ3v) is 2.16. The molecule has 0 radical (unpaired) electrons. The number of halogens is 4. The number of aliphatic imine (C=N–C) groups is 1. The predicted molar refractivity (Wildman–Crippen MR) is 56.7 cm³/mol. The molecule has 6 heteroatoms.